The second-order valence-electron chi connectivity index (χ2n) is 8.25. The molecule has 0 saturated heterocycles. The first-order chi connectivity index (χ1) is 16.2. The van der Waals surface area contributed by atoms with Crippen molar-refractivity contribution in [3.8, 4) is 22.5 Å². The Kier molecular flexibility index (Phi) is 4.58. The molecule has 0 amide bonds. The first-order valence-electron chi connectivity index (χ1n) is 10.9. The summed E-state index contributed by atoms with van der Waals surface area (Å²) >= 11 is 0. The SMILES string of the molecule is Fc1ccc2[nH]c(-c3ccccc3)c(Cc3c(-c4ccccc4)[nH]c4ccc(F)cc34)c2c1. The molecule has 0 saturated carbocycles. The van der Waals surface area contributed by atoms with Crippen LogP contribution < -0.4 is 0 Å². The third kappa shape index (κ3) is 3.40. The Bertz CT molecular complexity index is 1470. The number of hydrogen-bond acceptors (Lipinski definition) is 0. The van der Waals surface area contributed by atoms with Gasteiger partial charge in [-0.15, -0.1) is 0 Å². The molecule has 0 atom stereocenters. The number of fused-ring (bicyclic) bond motifs is 2. The van der Waals surface area contributed by atoms with Crippen LogP contribution >= 0.6 is 0 Å². The highest BCUT2D eigenvalue weighted by molar-refractivity contribution is 5.95. The van der Waals surface area contributed by atoms with Gasteiger partial charge in [0.15, 0.2) is 0 Å². The lowest BCUT2D eigenvalue weighted by molar-refractivity contribution is 0.629. The van der Waals surface area contributed by atoms with Gasteiger partial charge in [0.2, 0.25) is 0 Å². The lowest BCUT2D eigenvalue weighted by atomic mass is 9.95. The van der Waals surface area contributed by atoms with Gasteiger partial charge in [0.05, 0.1) is 11.4 Å². The van der Waals surface area contributed by atoms with E-state index in [0.29, 0.717) is 6.42 Å². The van der Waals surface area contributed by atoms with Crippen molar-refractivity contribution in [1.82, 2.24) is 9.97 Å². The largest absolute Gasteiger partial charge is 0.354 e. The van der Waals surface area contributed by atoms with Crippen LogP contribution in [0.4, 0.5) is 8.78 Å². The second-order valence-corrected chi connectivity index (χ2v) is 8.25. The van der Waals surface area contributed by atoms with Crippen molar-refractivity contribution >= 4 is 21.8 Å². The summed E-state index contributed by atoms with van der Waals surface area (Å²) in [6.45, 7) is 0. The van der Waals surface area contributed by atoms with E-state index in [-0.39, 0.29) is 11.6 Å². The summed E-state index contributed by atoms with van der Waals surface area (Å²) in [5.74, 6) is -0.564. The Balaban J connectivity index is 1.63. The van der Waals surface area contributed by atoms with Crippen molar-refractivity contribution in [3.63, 3.8) is 0 Å². The highest BCUT2D eigenvalue weighted by atomic mass is 19.1. The van der Waals surface area contributed by atoms with Crippen LogP contribution in [0.1, 0.15) is 11.1 Å². The minimum atomic E-state index is -0.282. The van der Waals surface area contributed by atoms with Crippen molar-refractivity contribution < 1.29 is 8.78 Å². The van der Waals surface area contributed by atoms with E-state index in [1.54, 1.807) is 24.3 Å². The molecule has 0 unspecified atom stereocenters. The molecule has 160 valence electrons. The van der Waals surface area contributed by atoms with Gasteiger partial charge in [-0.25, -0.2) is 8.78 Å². The Morgan fingerprint density at radius 1 is 0.515 bits per heavy atom. The molecule has 0 radical (unpaired) electrons. The topological polar surface area (TPSA) is 31.6 Å². The lowest BCUT2D eigenvalue weighted by Gasteiger charge is -2.09. The van der Waals surface area contributed by atoms with Crippen LogP contribution in [0.2, 0.25) is 0 Å². The molecule has 6 rings (SSSR count). The fraction of sp³-hybridized carbons (Fsp3) is 0.0345. The number of H-pyrrole nitrogens is 2. The van der Waals surface area contributed by atoms with Gasteiger partial charge in [-0.2, -0.15) is 0 Å². The standard InChI is InChI=1S/C29H20F2N2/c30-20-11-13-26-22(15-20)24(28(32-26)18-7-3-1-4-8-18)17-25-23-16-21(31)12-14-27(23)33-29(25)19-9-5-2-6-10-19/h1-16,32-33H,17H2. The fourth-order valence-electron chi connectivity index (χ4n) is 4.69. The molecule has 6 aromatic rings. The highest BCUT2D eigenvalue weighted by Gasteiger charge is 2.20. The van der Waals surface area contributed by atoms with E-state index >= 15 is 0 Å². The number of nitrogens with one attached hydrogen (secondary N) is 2. The highest BCUT2D eigenvalue weighted by Crippen LogP contribution is 2.38. The van der Waals surface area contributed by atoms with Crippen molar-refractivity contribution in [2.45, 2.75) is 6.42 Å². The van der Waals surface area contributed by atoms with Crippen LogP contribution in [0.25, 0.3) is 44.3 Å². The molecule has 4 aromatic carbocycles. The molecule has 2 aromatic heterocycles. The first-order valence-corrected chi connectivity index (χ1v) is 10.9. The third-order valence-corrected chi connectivity index (χ3v) is 6.21. The third-order valence-electron chi connectivity index (χ3n) is 6.21. The van der Waals surface area contributed by atoms with Crippen molar-refractivity contribution in [2.24, 2.45) is 0 Å². The summed E-state index contributed by atoms with van der Waals surface area (Å²) in [6.07, 6.45) is 0.515. The maximum atomic E-state index is 14.3. The molecular formula is C29H20F2N2. The molecule has 2 nitrogen and oxygen atoms in total. The molecule has 33 heavy (non-hydrogen) atoms. The van der Waals surface area contributed by atoms with Crippen LogP contribution in [0.5, 0.6) is 0 Å². The van der Waals surface area contributed by atoms with Crippen molar-refractivity contribution in [1.29, 1.82) is 0 Å². The molecule has 0 spiro atoms. The Labute approximate surface area is 189 Å². The Morgan fingerprint density at radius 2 is 0.939 bits per heavy atom. The summed E-state index contributed by atoms with van der Waals surface area (Å²) in [7, 11) is 0. The van der Waals surface area contributed by atoms with Gasteiger partial charge in [-0.1, -0.05) is 60.7 Å². The molecule has 2 N–H and O–H groups in total. The van der Waals surface area contributed by atoms with Gasteiger partial charge in [-0.3, -0.25) is 0 Å². The number of aromatic amines is 2. The van der Waals surface area contributed by atoms with Gasteiger partial charge in [0.1, 0.15) is 11.6 Å². The maximum Gasteiger partial charge on any atom is 0.123 e. The predicted molar refractivity (Wildman–Crippen MR) is 130 cm³/mol. The zero-order valence-corrected chi connectivity index (χ0v) is 17.7. The maximum absolute atomic E-state index is 14.3. The number of hydrogen-bond donors (Lipinski definition) is 2. The molecule has 0 aliphatic carbocycles. The van der Waals surface area contributed by atoms with Crippen LogP contribution in [0.3, 0.4) is 0 Å². The first kappa shape index (κ1) is 19.5. The monoisotopic (exact) mass is 434 g/mol. The number of rotatable bonds is 4. The second kappa shape index (κ2) is 7.75. The van der Waals surface area contributed by atoms with E-state index in [1.165, 1.54) is 12.1 Å². The van der Waals surface area contributed by atoms with Gasteiger partial charge in [0, 0.05) is 28.2 Å². The smallest absolute Gasteiger partial charge is 0.123 e. The van der Waals surface area contributed by atoms with E-state index in [0.717, 1.165) is 55.4 Å². The quantitative estimate of drug-likeness (QED) is 0.283. The normalized spacial score (nSPS) is 11.5. The molecule has 0 aliphatic heterocycles. The zero-order chi connectivity index (χ0) is 22.4. The minimum Gasteiger partial charge on any atom is -0.354 e. The number of benzene rings is 4. The predicted octanol–water partition coefficient (Wildman–Crippen LogP) is 7.85. The Hall–Kier alpha value is -4.18. The fourth-order valence-corrected chi connectivity index (χ4v) is 4.69. The van der Waals surface area contributed by atoms with E-state index in [9.17, 15) is 8.78 Å². The summed E-state index contributed by atoms with van der Waals surface area (Å²) in [5, 5.41) is 1.66. The molecule has 0 bridgehead atoms. The van der Waals surface area contributed by atoms with E-state index in [4.69, 9.17) is 0 Å². The van der Waals surface area contributed by atoms with Crippen molar-refractivity contribution in [3.05, 3.63) is 120 Å². The van der Waals surface area contributed by atoms with E-state index in [1.807, 2.05) is 60.7 Å². The summed E-state index contributed by atoms with van der Waals surface area (Å²) in [4.78, 5) is 6.98. The Morgan fingerprint density at radius 3 is 1.36 bits per heavy atom. The molecule has 2 heterocycles. The number of aromatic nitrogens is 2. The van der Waals surface area contributed by atoms with E-state index in [2.05, 4.69) is 9.97 Å². The van der Waals surface area contributed by atoms with Gasteiger partial charge in [0.25, 0.3) is 0 Å². The van der Waals surface area contributed by atoms with Crippen LogP contribution in [-0.4, -0.2) is 9.97 Å². The number of halogens is 2. The lowest BCUT2D eigenvalue weighted by Crippen LogP contribution is -1.93. The zero-order valence-electron chi connectivity index (χ0n) is 17.7. The van der Waals surface area contributed by atoms with Gasteiger partial charge in [-0.05, 0) is 58.7 Å². The van der Waals surface area contributed by atoms with Gasteiger partial charge < -0.3 is 9.97 Å². The average molecular weight is 434 g/mol. The van der Waals surface area contributed by atoms with Crippen LogP contribution in [0, 0.1) is 11.6 Å². The summed E-state index contributed by atoms with van der Waals surface area (Å²) < 4.78 is 28.6. The van der Waals surface area contributed by atoms with Crippen molar-refractivity contribution in [2.75, 3.05) is 0 Å². The van der Waals surface area contributed by atoms with E-state index < -0.39 is 0 Å². The molecular weight excluding hydrogens is 414 g/mol. The average Bonchev–Trinajstić information content (AvgIpc) is 3.38. The van der Waals surface area contributed by atoms with Crippen LogP contribution in [-0.2, 0) is 6.42 Å². The minimum absolute atomic E-state index is 0.282. The van der Waals surface area contributed by atoms with Crippen LogP contribution in [0.15, 0.2) is 97.1 Å². The molecule has 0 fully saturated rings. The molecule has 0 aliphatic rings. The molecule has 4 heteroatoms. The van der Waals surface area contributed by atoms with Gasteiger partial charge >= 0.3 is 0 Å². The summed E-state index contributed by atoms with van der Waals surface area (Å²) in [6, 6.07) is 29.7. The summed E-state index contributed by atoms with van der Waals surface area (Å²) in [5.41, 5.74) is 7.65.